The molecule has 94 valence electrons. The summed E-state index contributed by atoms with van der Waals surface area (Å²) in [6.45, 7) is 4.01. The van der Waals surface area contributed by atoms with E-state index in [-0.39, 0.29) is 5.91 Å². The topological polar surface area (TPSA) is 86.3 Å². The van der Waals surface area contributed by atoms with Gasteiger partial charge in [-0.2, -0.15) is 0 Å². The molecule has 1 aromatic heterocycles. The summed E-state index contributed by atoms with van der Waals surface area (Å²) in [5, 5.41) is 2.41. The van der Waals surface area contributed by atoms with Crippen LogP contribution in [-0.4, -0.2) is 29.6 Å². The Hall–Kier alpha value is -1.98. The van der Waals surface area contributed by atoms with Gasteiger partial charge in [-0.1, -0.05) is 0 Å². The van der Waals surface area contributed by atoms with Crippen molar-refractivity contribution in [2.45, 2.75) is 26.5 Å². The maximum absolute atomic E-state index is 11.8. The summed E-state index contributed by atoms with van der Waals surface area (Å²) in [5.41, 5.74) is 6.44. The van der Waals surface area contributed by atoms with E-state index in [2.05, 4.69) is 5.32 Å². The molecule has 0 aliphatic heterocycles. The molecule has 1 aromatic rings. The number of hydrogen-bond acceptors (Lipinski definition) is 4. The van der Waals surface area contributed by atoms with Crippen LogP contribution in [0, 0.1) is 0 Å². The highest BCUT2D eigenvalue weighted by Crippen LogP contribution is 2.12. The monoisotopic (exact) mass is 239 g/mol. The van der Waals surface area contributed by atoms with Crippen molar-refractivity contribution in [2.75, 3.05) is 12.8 Å². The number of nitrogens with one attached hydrogen (secondary N) is 1. The van der Waals surface area contributed by atoms with Gasteiger partial charge in [-0.05, 0) is 19.9 Å². The molecule has 6 nitrogen and oxygen atoms in total. The fourth-order valence-electron chi connectivity index (χ4n) is 1.44. The van der Waals surface area contributed by atoms with Gasteiger partial charge in [-0.15, -0.1) is 0 Å². The molecule has 0 saturated heterocycles. The maximum Gasteiger partial charge on any atom is 0.355 e. The average molecular weight is 239 g/mol. The first-order chi connectivity index (χ1) is 7.99. The van der Waals surface area contributed by atoms with Gasteiger partial charge in [0, 0.05) is 19.8 Å². The molecule has 1 heterocycles. The third-order valence-corrected chi connectivity index (χ3v) is 2.37. The summed E-state index contributed by atoms with van der Waals surface area (Å²) < 4.78 is 6.69. The molecule has 0 saturated carbocycles. The molecule has 0 aromatic carbocycles. The van der Waals surface area contributed by atoms with Crippen LogP contribution in [0.1, 0.15) is 24.3 Å². The molecule has 17 heavy (non-hydrogen) atoms. The van der Waals surface area contributed by atoms with Crippen LogP contribution < -0.4 is 11.1 Å². The molecular formula is C11H17N3O3. The first kappa shape index (κ1) is 13.1. The van der Waals surface area contributed by atoms with E-state index < -0.39 is 12.1 Å². The van der Waals surface area contributed by atoms with E-state index in [1.807, 2.05) is 6.92 Å². The average Bonchev–Trinajstić information content (AvgIpc) is 2.69. The number of rotatable bonds is 4. The normalized spacial score (nSPS) is 11.9. The highest BCUT2D eigenvalue weighted by Gasteiger charge is 2.20. The summed E-state index contributed by atoms with van der Waals surface area (Å²) in [7, 11) is 1.49. The molecule has 0 aliphatic rings. The lowest BCUT2D eigenvalue weighted by atomic mass is 10.3. The maximum atomic E-state index is 11.8. The van der Waals surface area contributed by atoms with Gasteiger partial charge in [0.2, 0.25) is 0 Å². The molecule has 0 spiro atoms. The molecule has 0 fully saturated rings. The van der Waals surface area contributed by atoms with Crippen LogP contribution >= 0.6 is 0 Å². The number of nitrogens with two attached hydrogens (primary N) is 1. The molecule has 6 heteroatoms. The predicted molar refractivity (Wildman–Crippen MR) is 63.5 cm³/mol. The third-order valence-electron chi connectivity index (χ3n) is 2.37. The zero-order valence-corrected chi connectivity index (χ0v) is 10.2. The minimum atomic E-state index is -0.825. The number of aryl methyl sites for hydroxylation is 1. The quantitative estimate of drug-likeness (QED) is 0.744. The van der Waals surface area contributed by atoms with Gasteiger partial charge in [-0.25, -0.2) is 4.79 Å². The van der Waals surface area contributed by atoms with E-state index in [0.717, 1.165) is 0 Å². The van der Waals surface area contributed by atoms with E-state index in [0.29, 0.717) is 17.9 Å². The molecule has 0 radical (unpaired) electrons. The van der Waals surface area contributed by atoms with Crippen molar-refractivity contribution >= 4 is 17.6 Å². The van der Waals surface area contributed by atoms with Crippen molar-refractivity contribution in [1.29, 1.82) is 0 Å². The van der Waals surface area contributed by atoms with Gasteiger partial charge in [0.05, 0.1) is 5.69 Å². The van der Waals surface area contributed by atoms with E-state index in [1.54, 1.807) is 10.8 Å². The van der Waals surface area contributed by atoms with Crippen molar-refractivity contribution < 1.29 is 14.3 Å². The number of nitrogen functional groups attached to an aromatic ring is 1. The second-order valence-corrected chi connectivity index (χ2v) is 3.61. The number of ether oxygens (including phenoxy) is 1. The smallest absolute Gasteiger partial charge is 0.355 e. The zero-order chi connectivity index (χ0) is 13.0. The molecular weight excluding hydrogens is 222 g/mol. The molecule has 0 bridgehead atoms. The van der Waals surface area contributed by atoms with Crippen LogP contribution in [-0.2, 0) is 16.1 Å². The molecule has 1 unspecified atom stereocenters. The highest BCUT2D eigenvalue weighted by atomic mass is 16.5. The molecule has 1 rings (SSSR count). The van der Waals surface area contributed by atoms with E-state index in [4.69, 9.17) is 10.5 Å². The Morgan fingerprint density at radius 2 is 2.24 bits per heavy atom. The predicted octanol–water partition coefficient (Wildman–Crippen LogP) is 0.382. The van der Waals surface area contributed by atoms with Crippen molar-refractivity contribution in [3.63, 3.8) is 0 Å². The Morgan fingerprint density at radius 3 is 2.76 bits per heavy atom. The second-order valence-electron chi connectivity index (χ2n) is 3.61. The number of carbonyl (C=O) groups excluding carboxylic acids is 2. The largest absolute Gasteiger partial charge is 0.448 e. The Labute approximate surface area is 99.7 Å². The Balaban J connectivity index is 2.79. The van der Waals surface area contributed by atoms with Crippen molar-refractivity contribution in [1.82, 2.24) is 9.88 Å². The van der Waals surface area contributed by atoms with Crippen LogP contribution in [0.15, 0.2) is 12.3 Å². The SMILES string of the molecule is CCn1cc(N)cc1C(=O)OC(C)C(=O)NC. The van der Waals surface area contributed by atoms with Crippen molar-refractivity contribution in [3.8, 4) is 0 Å². The Morgan fingerprint density at radius 1 is 1.59 bits per heavy atom. The second kappa shape index (κ2) is 5.38. The first-order valence-corrected chi connectivity index (χ1v) is 5.37. The minimum absolute atomic E-state index is 0.346. The minimum Gasteiger partial charge on any atom is -0.448 e. The van der Waals surface area contributed by atoms with Gasteiger partial charge in [0.15, 0.2) is 6.10 Å². The summed E-state index contributed by atoms with van der Waals surface area (Å²) in [6.07, 6.45) is 0.829. The van der Waals surface area contributed by atoms with Crippen molar-refractivity contribution in [3.05, 3.63) is 18.0 Å². The van der Waals surface area contributed by atoms with Gasteiger partial charge in [0.1, 0.15) is 5.69 Å². The van der Waals surface area contributed by atoms with Gasteiger partial charge in [0.25, 0.3) is 5.91 Å². The summed E-state index contributed by atoms with van der Waals surface area (Å²) in [4.78, 5) is 23.0. The summed E-state index contributed by atoms with van der Waals surface area (Å²) in [6, 6.07) is 1.53. The first-order valence-electron chi connectivity index (χ1n) is 5.37. The molecule has 1 amide bonds. The molecule has 1 atom stereocenters. The van der Waals surface area contributed by atoms with Crippen LogP contribution in [0.2, 0.25) is 0 Å². The van der Waals surface area contributed by atoms with Crippen molar-refractivity contribution in [2.24, 2.45) is 0 Å². The standard InChI is InChI=1S/C11H17N3O3/c1-4-14-6-8(12)5-9(14)11(16)17-7(2)10(15)13-3/h5-7H,4,12H2,1-3H3,(H,13,15). The number of likely N-dealkylation sites (N-methyl/N-ethyl adjacent to an activating group) is 1. The number of anilines is 1. The number of esters is 1. The lowest BCUT2D eigenvalue weighted by Gasteiger charge is -2.12. The zero-order valence-electron chi connectivity index (χ0n) is 10.2. The number of aromatic nitrogens is 1. The fourth-order valence-corrected chi connectivity index (χ4v) is 1.44. The highest BCUT2D eigenvalue weighted by molar-refractivity contribution is 5.91. The number of amides is 1. The number of carbonyl (C=O) groups is 2. The Bertz CT molecular complexity index is 426. The van der Waals surface area contributed by atoms with Crippen LogP contribution in [0.4, 0.5) is 5.69 Å². The van der Waals surface area contributed by atoms with Gasteiger partial charge < -0.3 is 20.4 Å². The summed E-state index contributed by atoms with van der Waals surface area (Å²) in [5.74, 6) is -0.902. The van der Waals surface area contributed by atoms with E-state index >= 15 is 0 Å². The van der Waals surface area contributed by atoms with Gasteiger partial charge in [-0.3, -0.25) is 4.79 Å². The van der Waals surface area contributed by atoms with Gasteiger partial charge >= 0.3 is 5.97 Å². The lowest BCUT2D eigenvalue weighted by Crippen LogP contribution is -2.33. The number of nitrogens with zero attached hydrogens (tertiary/aromatic N) is 1. The lowest BCUT2D eigenvalue weighted by molar-refractivity contribution is -0.128. The Kier molecular flexibility index (Phi) is 4.14. The third kappa shape index (κ3) is 2.99. The van der Waals surface area contributed by atoms with Crippen LogP contribution in [0.25, 0.3) is 0 Å². The van der Waals surface area contributed by atoms with Crippen LogP contribution in [0.5, 0.6) is 0 Å². The van der Waals surface area contributed by atoms with Crippen LogP contribution in [0.3, 0.4) is 0 Å². The van der Waals surface area contributed by atoms with E-state index in [1.165, 1.54) is 20.0 Å². The molecule has 0 aliphatic carbocycles. The number of hydrogen-bond donors (Lipinski definition) is 2. The molecule has 3 N–H and O–H groups in total. The summed E-state index contributed by atoms with van der Waals surface area (Å²) >= 11 is 0. The fraction of sp³-hybridized carbons (Fsp3) is 0.455. The van der Waals surface area contributed by atoms with E-state index in [9.17, 15) is 9.59 Å².